The first-order chi connectivity index (χ1) is 9.99. The number of carbonyl (C=O) groups is 1. The van der Waals surface area contributed by atoms with E-state index in [1.807, 2.05) is 6.07 Å². The number of nitrogens with zero attached hydrogens (tertiary/aromatic N) is 1. The molecule has 1 aliphatic rings. The van der Waals surface area contributed by atoms with Crippen molar-refractivity contribution in [3.8, 4) is 0 Å². The zero-order valence-corrected chi connectivity index (χ0v) is 14.3. The molecule has 0 radical (unpaired) electrons. The monoisotopic (exact) mass is 353 g/mol. The van der Waals surface area contributed by atoms with E-state index < -0.39 is 0 Å². The van der Waals surface area contributed by atoms with Crippen LogP contribution >= 0.6 is 15.9 Å². The average molecular weight is 354 g/mol. The number of carbonyl (C=O) groups excluding carboxylic acids is 1. The highest BCUT2D eigenvalue weighted by atomic mass is 79.9. The van der Waals surface area contributed by atoms with Gasteiger partial charge in [0.15, 0.2) is 0 Å². The van der Waals surface area contributed by atoms with Crippen LogP contribution in [0.15, 0.2) is 22.7 Å². The minimum Gasteiger partial charge on any atom is -0.368 e. The Hall–Kier alpha value is -1.07. The van der Waals surface area contributed by atoms with Gasteiger partial charge in [0.1, 0.15) is 6.04 Å². The van der Waals surface area contributed by atoms with Crippen molar-refractivity contribution in [2.24, 2.45) is 5.73 Å². The second kappa shape index (κ2) is 7.27. The summed E-state index contributed by atoms with van der Waals surface area (Å²) in [4.78, 5) is 13.9. The van der Waals surface area contributed by atoms with Crippen molar-refractivity contribution in [2.45, 2.75) is 51.7 Å². The van der Waals surface area contributed by atoms with E-state index in [9.17, 15) is 4.79 Å². The first kappa shape index (κ1) is 16.3. The van der Waals surface area contributed by atoms with E-state index in [1.54, 1.807) is 0 Å². The van der Waals surface area contributed by atoms with Crippen LogP contribution < -0.4 is 16.0 Å². The Morgan fingerprint density at radius 3 is 2.90 bits per heavy atom. The predicted molar refractivity (Wildman–Crippen MR) is 90.3 cm³/mol. The third-order valence-electron chi connectivity index (χ3n) is 3.88. The molecule has 1 saturated heterocycles. The molecule has 1 aromatic carbocycles. The third-order valence-corrected chi connectivity index (χ3v) is 4.38. The zero-order chi connectivity index (χ0) is 15.4. The second-order valence-electron chi connectivity index (χ2n) is 5.92. The minimum absolute atomic E-state index is 0.183. The van der Waals surface area contributed by atoms with Crippen LogP contribution in [0.5, 0.6) is 0 Å². The van der Waals surface area contributed by atoms with Gasteiger partial charge in [-0.2, -0.15) is 0 Å². The van der Waals surface area contributed by atoms with Crippen LogP contribution in [0, 0.1) is 0 Å². The van der Waals surface area contributed by atoms with Gasteiger partial charge in [0.05, 0.1) is 0 Å². The van der Waals surface area contributed by atoms with Crippen molar-refractivity contribution in [2.75, 3.05) is 11.4 Å². The van der Waals surface area contributed by atoms with Gasteiger partial charge in [0.2, 0.25) is 5.91 Å². The highest BCUT2D eigenvalue weighted by molar-refractivity contribution is 9.10. The molecule has 4 nitrogen and oxygen atoms in total. The number of hydrogen-bond donors (Lipinski definition) is 2. The Kier molecular flexibility index (Phi) is 5.65. The molecule has 0 saturated carbocycles. The summed E-state index contributed by atoms with van der Waals surface area (Å²) in [5.41, 5.74) is 7.91. The molecule has 5 heteroatoms. The molecule has 1 amide bonds. The Bertz CT molecular complexity index is 504. The lowest BCUT2D eigenvalue weighted by Crippen LogP contribution is -2.48. The fraction of sp³-hybridized carbons (Fsp3) is 0.562. The molecule has 0 bridgehead atoms. The maximum Gasteiger partial charge on any atom is 0.240 e. The maximum atomic E-state index is 11.7. The molecule has 0 spiro atoms. The molecule has 1 heterocycles. The number of primary amides is 1. The van der Waals surface area contributed by atoms with Crippen LogP contribution in [-0.2, 0) is 11.3 Å². The van der Waals surface area contributed by atoms with Gasteiger partial charge in [-0.1, -0.05) is 29.8 Å². The summed E-state index contributed by atoms with van der Waals surface area (Å²) in [6.07, 6.45) is 3.03. The highest BCUT2D eigenvalue weighted by Gasteiger charge is 2.28. The lowest BCUT2D eigenvalue weighted by molar-refractivity contribution is -0.119. The van der Waals surface area contributed by atoms with Gasteiger partial charge < -0.3 is 16.0 Å². The predicted octanol–water partition coefficient (Wildman–Crippen LogP) is 2.79. The fourth-order valence-corrected chi connectivity index (χ4v) is 3.21. The number of benzene rings is 1. The summed E-state index contributed by atoms with van der Waals surface area (Å²) in [5.74, 6) is -0.222. The first-order valence-electron chi connectivity index (χ1n) is 7.57. The van der Waals surface area contributed by atoms with Crippen molar-refractivity contribution >= 4 is 27.5 Å². The normalized spacial score (nSPS) is 19.0. The van der Waals surface area contributed by atoms with Crippen molar-refractivity contribution in [1.82, 2.24) is 5.32 Å². The molecule has 2 rings (SSSR count). The van der Waals surface area contributed by atoms with Crippen LogP contribution in [0.4, 0.5) is 5.69 Å². The van der Waals surface area contributed by atoms with Gasteiger partial charge in [-0.05, 0) is 43.0 Å². The SMILES string of the molecule is CC(C)NCc1cc(Br)ccc1N1CCCCC1C(N)=O. The average Bonchev–Trinajstić information content (AvgIpc) is 2.45. The molecule has 1 atom stereocenters. The van der Waals surface area contributed by atoms with E-state index in [4.69, 9.17) is 5.73 Å². The van der Waals surface area contributed by atoms with Crippen LogP contribution in [0.2, 0.25) is 0 Å². The van der Waals surface area contributed by atoms with Crippen LogP contribution in [0.25, 0.3) is 0 Å². The van der Waals surface area contributed by atoms with Crippen molar-refractivity contribution in [3.05, 3.63) is 28.2 Å². The summed E-state index contributed by atoms with van der Waals surface area (Å²) in [6.45, 7) is 5.94. The summed E-state index contributed by atoms with van der Waals surface area (Å²) in [6, 6.07) is 6.48. The molecular formula is C16H24BrN3O. The van der Waals surface area contributed by atoms with Gasteiger partial charge in [-0.3, -0.25) is 4.79 Å². The largest absolute Gasteiger partial charge is 0.368 e. The summed E-state index contributed by atoms with van der Waals surface area (Å²) < 4.78 is 1.06. The standard InChI is InChI=1S/C16H24BrN3O/c1-11(2)19-10-12-9-13(17)6-7-14(12)20-8-4-3-5-15(20)16(18)21/h6-7,9,11,15,19H,3-5,8,10H2,1-2H3,(H2,18,21). The molecular weight excluding hydrogens is 330 g/mol. The van der Waals surface area contributed by atoms with Crippen molar-refractivity contribution in [1.29, 1.82) is 0 Å². The molecule has 21 heavy (non-hydrogen) atoms. The minimum atomic E-state index is -0.222. The number of rotatable bonds is 5. The lowest BCUT2D eigenvalue weighted by Gasteiger charge is -2.37. The molecule has 1 aliphatic heterocycles. The Morgan fingerprint density at radius 1 is 1.48 bits per heavy atom. The van der Waals surface area contributed by atoms with Gasteiger partial charge in [0, 0.05) is 29.3 Å². The molecule has 3 N–H and O–H groups in total. The van der Waals surface area contributed by atoms with E-state index in [0.29, 0.717) is 6.04 Å². The Balaban J connectivity index is 2.29. The summed E-state index contributed by atoms with van der Waals surface area (Å²) in [5, 5.41) is 3.45. The van der Waals surface area contributed by atoms with Crippen molar-refractivity contribution < 1.29 is 4.79 Å². The smallest absolute Gasteiger partial charge is 0.240 e. The highest BCUT2D eigenvalue weighted by Crippen LogP contribution is 2.30. The second-order valence-corrected chi connectivity index (χ2v) is 6.83. The number of amides is 1. The number of piperidine rings is 1. The summed E-state index contributed by atoms with van der Waals surface area (Å²) in [7, 11) is 0. The Labute approximate surface area is 135 Å². The third kappa shape index (κ3) is 4.20. The number of halogens is 1. The summed E-state index contributed by atoms with van der Waals surface area (Å²) >= 11 is 3.53. The fourth-order valence-electron chi connectivity index (χ4n) is 2.81. The van der Waals surface area contributed by atoms with E-state index in [-0.39, 0.29) is 11.9 Å². The number of nitrogens with one attached hydrogen (secondary N) is 1. The molecule has 0 aliphatic carbocycles. The maximum absolute atomic E-state index is 11.7. The lowest BCUT2D eigenvalue weighted by atomic mass is 9.99. The molecule has 0 aromatic heterocycles. The molecule has 116 valence electrons. The van der Waals surface area contributed by atoms with E-state index in [2.05, 4.69) is 52.1 Å². The van der Waals surface area contributed by atoms with E-state index >= 15 is 0 Å². The molecule has 1 fully saturated rings. The van der Waals surface area contributed by atoms with Crippen LogP contribution in [0.1, 0.15) is 38.7 Å². The van der Waals surface area contributed by atoms with Crippen LogP contribution in [0.3, 0.4) is 0 Å². The van der Waals surface area contributed by atoms with E-state index in [1.165, 1.54) is 5.56 Å². The molecule has 1 aromatic rings. The van der Waals surface area contributed by atoms with Crippen molar-refractivity contribution in [3.63, 3.8) is 0 Å². The van der Waals surface area contributed by atoms with E-state index in [0.717, 1.165) is 42.5 Å². The van der Waals surface area contributed by atoms with Gasteiger partial charge in [0.25, 0.3) is 0 Å². The van der Waals surface area contributed by atoms with Gasteiger partial charge >= 0.3 is 0 Å². The zero-order valence-electron chi connectivity index (χ0n) is 12.7. The first-order valence-corrected chi connectivity index (χ1v) is 8.36. The topological polar surface area (TPSA) is 58.4 Å². The quantitative estimate of drug-likeness (QED) is 0.855. The number of nitrogens with two attached hydrogens (primary N) is 1. The molecule has 1 unspecified atom stereocenters. The number of hydrogen-bond acceptors (Lipinski definition) is 3. The Morgan fingerprint density at radius 2 is 2.24 bits per heavy atom. The number of anilines is 1. The van der Waals surface area contributed by atoms with Gasteiger partial charge in [-0.15, -0.1) is 0 Å². The van der Waals surface area contributed by atoms with Gasteiger partial charge in [-0.25, -0.2) is 0 Å². The van der Waals surface area contributed by atoms with Crippen LogP contribution in [-0.4, -0.2) is 24.5 Å².